The van der Waals surface area contributed by atoms with Crippen molar-refractivity contribution in [3.05, 3.63) is 18.2 Å². The third kappa shape index (κ3) is 2.75. The summed E-state index contributed by atoms with van der Waals surface area (Å²) in [5, 5.41) is 9.20. The standard InChI is InChI=1S/C6H4Cl2O5S2/c7-14(10,11)5-3-1-2-4(9)6(5)15(8,12)13/h1-3,9H. The SMILES string of the molecule is O=S(=O)(Cl)c1cccc(O)c1S(=O)(=O)Cl. The van der Waals surface area contributed by atoms with Crippen molar-refractivity contribution in [2.24, 2.45) is 0 Å². The molecular weight excluding hydrogens is 287 g/mol. The second-order valence-electron chi connectivity index (χ2n) is 2.48. The zero-order chi connectivity index (χ0) is 11.9. The smallest absolute Gasteiger partial charge is 0.266 e. The number of phenols is 1. The fourth-order valence-electron chi connectivity index (χ4n) is 0.941. The highest BCUT2D eigenvalue weighted by atomic mass is 35.7. The summed E-state index contributed by atoms with van der Waals surface area (Å²) in [6.45, 7) is 0. The first-order chi connectivity index (χ1) is 6.64. The first kappa shape index (κ1) is 12.6. The Bertz CT molecular complexity index is 590. The number of halogens is 2. The maximum atomic E-state index is 11.0. The molecule has 0 bridgehead atoms. The second-order valence-corrected chi connectivity index (χ2v) is 7.52. The Morgan fingerprint density at radius 3 is 1.87 bits per heavy atom. The monoisotopic (exact) mass is 290 g/mol. The van der Waals surface area contributed by atoms with E-state index in [1.807, 2.05) is 0 Å². The van der Waals surface area contributed by atoms with Crippen LogP contribution in [-0.2, 0) is 18.1 Å². The Labute approximate surface area is 95.1 Å². The van der Waals surface area contributed by atoms with Crippen molar-refractivity contribution in [3.8, 4) is 5.75 Å². The van der Waals surface area contributed by atoms with E-state index in [1.54, 1.807) is 0 Å². The molecule has 0 unspecified atom stereocenters. The van der Waals surface area contributed by atoms with E-state index in [2.05, 4.69) is 0 Å². The minimum absolute atomic E-state index is 0.751. The van der Waals surface area contributed by atoms with E-state index in [4.69, 9.17) is 21.4 Å². The lowest BCUT2D eigenvalue weighted by atomic mass is 10.3. The van der Waals surface area contributed by atoms with E-state index in [-0.39, 0.29) is 0 Å². The van der Waals surface area contributed by atoms with Crippen molar-refractivity contribution < 1.29 is 21.9 Å². The molecule has 0 saturated heterocycles. The Morgan fingerprint density at radius 1 is 1.00 bits per heavy atom. The maximum Gasteiger partial charge on any atom is 0.266 e. The predicted molar refractivity (Wildman–Crippen MR) is 54.2 cm³/mol. The van der Waals surface area contributed by atoms with Crippen molar-refractivity contribution in [1.82, 2.24) is 0 Å². The Hall–Kier alpha value is -0.500. The van der Waals surface area contributed by atoms with Crippen molar-refractivity contribution in [2.75, 3.05) is 0 Å². The zero-order valence-corrected chi connectivity index (χ0v) is 10.0. The third-order valence-corrected chi connectivity index (χ3v) is 4.34. The summed E-state index contributed by atoms with van der Waals surface area (Å²) in [5.74, 6) is -0.772. The highest BCUT2D eigenvalue weighted by Gasteiger charge is 2.27. The summed E-state index contributed by atoms with van der Waals surface area (Å²) in [4.78, 5) is -1.67. The molecule has 0 spiro atoms. The van der Waals surface area contributed by atoms with Gasteiger partial charge in [0.2, 0.25) is 0 Å². The Balaban J connectivity index is 3.79. The number of hydrogen-bond acceptors (Lipinski definition) is 5. The van der Waals surface area contributed by atoms with Crippen molar-refractivity contribution in [1.29, 1.82) is 0 Å². The third-order valence-electron chi connectivity index (χ3n) is 1.46. The fourth-order valence-corrected chi connectivity index (χ4v) is 3.94. The number of rotatable bonds is 2. The molecule has 0 aliphatic heterocycles. The van der Waals surface area contributed by atoms with Gasteiger partial charge in [-0.2, -0.15) is 0 Å². The van der Waals surface area contributed by atoms with Gasteiger partial charge in [-0.25, -0.2) is 16.8 Å². The van der Waals surface area contributed by atoms with E-state index in [0.717, 1.165) is 18.2 Å². The highest BCUT2D eigenvalue weighted by molar-refractivity contribution is 8.16. The van der Waals surface area contributed by atoms with Crippen LogP contribution < -0.4 is 0 Å². The molecule has 0 aromatic heterocycles. The lowest BCUT2D eigenvalue weighted by Gasteiger charge is -2.04. The number of aromatic hydroxyl groups is 1. The average molecular weight is 291 g/mol. The molecule has 1 aromatic carbocycles. The second kappa shape index (κ2) is 3.82. The molecule has 0 radical (unpaired) electrons. The molecule has 1 aromatic rings. The molecule has 0 aliphatic carbocycles. The molecule has 1 N–H and O–H groups in total. The lowest BCUT2D eigenvalue weighted by Crippen LogP contribution is -2.01. The van der Waals surface area contributed by atoms with Crippen LogP contribution in [0.25, 0.3) is 0 Å². The Morgan fingerprint density at radius 2 is 1.53 bits per heavy atom. The topological polar surface area (TPSA) is 88.5 Å². The van der Waals surface area contributed by atoms with Gasteiger partial charge in [-0.15, -0.1) is 0 Å². The van der Waals surface area contributed by atoms with Crippen LogP contribution >= 0.6 is 21.4 Å². The van der Waals surface area contributed by atoms with Gasteiger partial charge in [-0.3, -0.25) is 0 Å². The van der Waals surface area contributed by atoms with Crippen molar-refractivity contribution >= 4 is 39.5 Å². The van der Waals surface area contributed by atoms with Gasteiger partial charge in [0.15, 0.2) is 0 Å². The van der Waals surface area contributed by atoms with Crippen LogP contribution in [0.3, 0.4) is 0 Å². The highest BCUT2D eigenvalue weighted by Crippen LogP contribution is 2.33. The van der Waals surface area contributed by atoms with Crippen LogP contribution in [0.5, 0.6) is 5.75 Å². The van der Waals surface area contributed by atoms with E-state index in [0.29, 0.717) is 0 Å². The van der Waals surface area contributed by atoms with Crippen molar-refractivity contribution in [2.45, 2.75) is 9.79 Å². The van der Waals surface area contributed by atoms with Gasteiger partial charge in [-0.1, -0.05) is 6.07 Å². The molecule has 0 heterocycles. The van der Waals surface area contributed by atoms with Crippen LogP contribution in [0.15, 0.2) is 28.0 Å². The van der Waals surface area contributed by atoms with Gasteiger partial charge in [0.1, 0.15) is 15.5 Å². The molecule has 1 rings (SSSR count). The summed E-state index contributed by atoms with van der Waals surface area (Å²) >= 11 is 0. The summed E-state index contributed by atoms with van der Waals surface area (Å²) in [6.07, 6.45) is 0. The van der Waals surface area contributed by atoms with Crippen LogP contribution in [-0.4, -0.2) is 21.9 Å². The fraction of sp³-hybridized carbons (Fsp3) is 0. The minimum atomic E-state index is -4.39. The first-order valence-corrected chi connectivity index (χ1v) is 7.97. The van der Waals surface area contributed by atoms with Gasteiger partial charge in [0.25, 0.3) is 18.1 Å². The normalized spacial score (nSPS) is 12.7. The summed E-state index contributed by atoms with van der Waals surface area (Å²) < 4.78 is 44.0. The van der Waals surface area contributed by atoms with Crippen molar-refractivity contribution in [3.63, 3.8) is 0 Å². The molecule has 5 nitrogen and oxygen atoms in total. The van der Waals surface area contributed by atoms with Gasteiger partial charge in [0.05, 0.1) is 0 Å². The molecule has 0 fully saturated rings. The predicted octanol–water partition coefficient (Wildman–Crippen LogP) is 1.25. The molecule has 9 heteroatoms. The van der Waals surface area contributed by atoms with Crippen LogP contribution in [0.4, 0.5) is 0 Å². The Kier molecular flexibility index (Phi) is 3.20. The molecule has 84 valence electrons. The number of hydrogen-bond donors (Lipinski definition) is 1. The summed E-state index contributed by atoms with van der Waals surface area (Å²) in [5.41, 5.74) is 0. The minimum Gasteiger partial charge on any atom is -0.506 e. The molecule has 15 heavy (non-hydrogen) atoms. The maximum absolute atomic E-state index is 11.0. The van der Waals surface area contributed by atoms with Crippen LogP contribution in [0, 0.1) is 0 Å². The van der Waals surface area contributed by atoms with Gasteiger partial charge in [0, 0.05) is 21.4 Å². The summed E-state index contributed by atoms with van der Waals surface area (Å²) in [7, 11) is 1.26. The first-order valence-electron chi connectivity index (χ1n) is 3.35. The molecule has 0 atom stereocenters. The quantitative estimate of drug-likeness (QED) is 0.828. The average Bonchev–Trinajstić information content (AvgIpc) is 1.99. The molecule has 0 aliphatic rings. The molecular formula is C6H4Cl2O5S2. The number of benzene rings is 1. The van der Waals surface area contributed by atoms with Crippen LogP contribution in [0.1, 0.15) is 0 Å². The lowest BCUT2D eigenvalue weighted by molar-refractivity contribution is 0.455. The summed E-state index contributed by atoms with van der Waals surface area (Å²) in [6, 6.07) is 3.05. The zero-order valence-electron chi connectivity index (χ0n) is 6.88. The number of phenolic OH excluding ortho intramolecular Hbond substituents is 1. The molecule has 0 saturated carbocycles. The van der Waals surface area contributed by atoms with E-state index >= 15 is 0 Å². The van der Waals surface area contributed by atoms with Gasteiger partial charge < -0.3 is 5.11 Å². The van der Waals surface area contributed by atoms with E-state index < -0.39 is 33.6 Å². The largest absolute Gasteiger partial charge is 0.506 e. The van der Waals surface area contributed by atoms with Gasteiger partial charge in [-0.05, 0) is 12.1 Å². The van der Waals surface area contributed by atoms with E-state index in [9.17, 15) is 21.9 Å². The molecule has 0 amide bonds. The van der Waals surface area contributed by atoms with Gasteiger partial charge >= 0.3 is 0 Å². The van der Waals surface area contributed by atoms with E-state index in [1.165, 1.54) is 0 Å². The van der Waals surface area contributed by atoms with Crippen LogP contribution in [0.2, 0.25) is 0 Å².